The van der Waals surface area contributed by atoms with Crippen LogP contribution in [0.5, 0.6) is 0 Å². The molecule has 33 heavy (non-hydrogen) atoms. The molecule has 3 N–H and O–H groups in total. The average Bonchev–Trinajstić information content (AvgIpc) is 3.06. The van der Waals surface area contributed by atoms with Crippen molar-refractivity contribution < 1.29 is 15.3 Å². The Morgan fingerprint density at radius 3 is 2.09 bits per heavy atom. The molecule has 2 aliphatic carbocycles. The highest BCUT2D eigenvalue weighted by atomic mass is 16.3. The Morgan fingerprint density at radius 2 is 1.45 bits per heavy atom. The Labute approximate surface area is 198 Å². The van der Waals surface area contributed by atoms with Crippen molar-refractivity contribution in [2.45, 2.75) is 94.1 Å². The van der Waals surface area contributed by atoms with Gasteiger partial charge in [-0.3, -0.25) is 4.90 Å². The minimum absolute atomic E-state index is 0.150. The van der Waals surface area contributed by atoms with E-state index >= 15 is 0 Å². The molecule has 4 heteroatoms. The predicted octanol–water partition coefficient (Wildman–Crippen LogP) is 4.80. The van der Waals surface area contributed by atoms with Crippen molar-refractivity contribution in [3.05, 3.63) is 71.8 Å². The first-order chi connectivity index (χ1) is 15.9. The molecule has 0 aromatic heterocycles. The minimum atomic E-state index is -0.732. The van der Waals surface area contributed by atoms with E-state index < -0.39 is 17.8 Å². The number of hydrogen-bond acceptors (Lipinski definition) is 4. The normalized spacial score (nSPS) is 39.7. The Bertz CT molecular complexity index is 911. The molecule has 1 saturated heterocycles. The molecule has 2 aromatic rings. The highest BCUT2D eigenvalue weighted by Gasteiger charge is 2.56. The molecule has 4 nitrogen and oxygen atoms in total. The van der Waals surface area contributed by atoms with Gasteiger partial charge < -0.3 is 15.3 Å². The molecule has 5 atom stereocenters. The van der Waals surface area contributed by atoms with E-state index in [1.54, 1.807) is 0 Å². The van der Waals surface area contributed by atoms with Crippen molar-refractivity contribution in [2.75, 3.05) is 6.54 Å². The second-order valence-electron chi connectivity index (χ2n) is 11.2. The number of β-amino-alcohol motifs (C(OH)–C–C–N with tert-alkyl or cyclic N) is 1. The maximum atomic E-state index is 11.8. The Hall–Kier alpha value is -1.72. The molecule has 5 rings (SSSR count). The van der Waals surface area contributed by atoms with Gasteiger partial charge in [0.15, 0.2) is 0 Å². The number of fused-ring (bicyclic) bond motifs is 1. The summed E-state index contributed by atoms with van der Waals surface area (Å²) < 4.78 is 0. The van der Waals surface area contributed by atoms with Crippen LogP contribution in [0.3, 0.4) is 0 Å². The van der Waals surface area contributed by atoms with Gasteiger partial charge in [-0.25, -0.2) is 0 Å². The van der Waals surface area contributed by atoms with Crippen molar-refractivity contribution in [3.8, 4) is 0 Å². The first-order valence-electron chi connectivity index (χ1n) is 12.8. The van der Waals surface area contributed by atoms with E-state index in [1.165, 1.54) is 11.1 Å². The maximum Gasteiger partial charge on any atom is 0.0868 e. The van der Waals surface area contributed by atoms with Gasteiger partial charge in [0, 0.05) is 24.0 Å². The van der Waals surface area contributed by atoms with Crippen molar-refractivity contribution in [3.63, 3.8) is 0 Å². The molecule has 0 bridgehead atoms. The molecule has 178 valence electrons. The summed E-state index contributed by atoms with van der Waals surface area (Å²) in [6.07, 6.45) is 5.55. The maximum absolute atomic E-state index is 11.8. The first-order valence-corrected chi connectivity index (χ1v) is 12.8. The summed E-state index contributed by atoms with van der Waals surface area (Å²) in [5.41, 5.74) is 1.54. The fraction of sp³-hybridized carbons (Fsp3) is 0.586. The molecule has 3 fully saturated rings. The minimum Gasteiger partial charge on any atom is -0.390 e. The van der Waals surface area contributed by atoms with Crippen LogP contribution in [-0.2, 0) is 0 Å². The second-order valence-corrected chi connectivity index (χ2v) is 11.2. The van der Waals surface area contributed by atoms with E-state index in [0.717, 1.165) is 44.9 Å². The summed E-state index contributed by atoms with van der Waals surface area (Å²) in [5, 5.41) is 33.5. The van der Waals surface area contributed by atoms with E-state index in [0.29, 0.717) is 18.9 Å². The number of hydrogen-bond donors (Lipinski definition) is 3. The molecule has 1 aliphatic heterocycles. The van der Waals surface area contributed by atoms with Crippen LogP contribution in [0.25, 0.3) is 0 Å². The third kappa shape index (κ3) is 4.39. The highest BCUT2D eigenvalue weighted by Crippen LogP contribution is 2.54. The number of rotatable bonds is 4. The summed E-state index contributed by atoms with van der Waals surface area (Å²) in [4.78, 5) is 2.50. The van der Waals surface area contributed by atoms with Gasteiger partial charge in [-0.05, 0) is 68.4 Å². The zero-order valence-electron chi connectivity index (χ0n) is 19.8. The SMILES string of the molecule is C[C@@]12C[C@H](c3ccccc3)N(CC3(O)CCC(c4ccccc4)CC3)[C@@H]1CCC[C@@H](O)[C@@H]2O. The van der Waals surface area contributed by atoms with E-state index in [9.17, 15) is 15.3 Å². The number of nitrogens with zero attached hydrogens (tertiary/aromatic N) is 1. The monoisotopic (exact) mass is 449 g/mol. The average molecular weight is 450 g/mol. The third-order valence-corrected chi connectivity index (χ3v) is 9.06. The number of likely N-dealkylation sites (tertiary alicyclic amines) is 1. The Balaban J connectivity index is 1.39. The van der Waals surface area contributed by atoms with Crippen LogP contribution >= 0.6 is 0 Å². The first kappa shape index (κ1) is 23.0. The van der Waals surface area contributed by atoms with Gasteiger partial charge in [-0.1, -0.05) is 67.6 Å². The van der Waals surface area contributed by atoms with E-state index in [2.05, 4.69) is 66.4 Å². The van der Waals surface area contributed by atoms with Crippen molar-refractivity contribution in [1.29, 1.82) is 0 Å². The van der Waals surface area contributed by atoms with Gasteiger partial charge in [0.25, 0.3) is 0 Å². The van der Waals surface area contributed by atoms with Crippen molar-refractivity contribution in [1.82, 2.24) is 4.90 Å². The van der Waals surface area contributed by atoms with Gasteiger partial charge >= 0.3 is 0 Å². The number of benzene rings is 2. The topological polar surface area (TPSA) is 63.9 Å². The van der Waals surface area contributed by atoms with Crippen LogP contribution in [-0.4, -0.2) is 50.6 Å². The third-order valence-electron chi connectivity index (χ3n) is 9.06. The van der Waals surface area contributed by atoms with Gasteiger partial charge in [-0.15, -0.1) is 0 Å². The van der Waals surface area contributed by atoms with Gasteiger partial charge in [0.05, 0.1) is 17.8 Å². The van der Waals surface area contributed by atoms with Crippen LogP contribution in [0, 0.1) is 5.41 Å². The van der Waals surface area contributed by atoms with E-state index in [4.69, 9.17) is 0 Å². The van der Waals surface area contributed by atoms with Gasteiger partial charge in [0.1, 0.15) is 0 Å². The quantitative estimate of drug-likeness (QED) is 0.627. The molecular formula is C29H39NO3. The molecule has 2 saturated carbocycles. The summed E-state index contributed by atoms with van der Waals surface area (Å²) in [6.45, 7) is 2.79. The van der Waals surface area contributed by atoms with E-state index in [-0.39, 0.29) is 17.5 Å². The second kappa shape index (κ2) is 9.14. The van der Waals surface area contributed by atoms with Crippen LogP contribution < -0.4 is 0 Å². The molecule has 0 spiro atoms. The van der Waals surface area contributed by atoms with Crippen molar-refractivity contribution >= 4 is 0 Å². The highest BCUT2D eigenvalue weighted by molar-refractivity contribution is 5.25. The lowest BCUT2D eigenvalue weighted by Gasteiger charge is -2.44. The zero-order chi connectivity index (χ0) is 23.1. The molecule has 0 radical (unpaired) electrons. The zero-order valence-corrected chi connectivity index (χ0v) is 19.8. The Kier molecular flexibility index (Phi) is 6.39. The lowest BCUT2D eigenvalue weighted by Crippen LogP contribution is -2.52. The standard InChI is InChI=1S/C29H39NO3/c1-28-19-24(23-11-6-3-7-12-23)30(26(28)14-8-13-25(31)27(28)32)20-29(33)17-15-22(16-18-29)21-9-4-2-5-10-21/h2-7,9-12,22,24-27,31-33H,8,13-20H2,1H3/t22?,24-,25-,26-,27+,28-,29?/m1/s1. The lowest BCUT2D eigenvalue weighted by molar-refractivity contribution is -0.0751. The molecule has 2 aromatic carbocycles. The molecule has 3 aliphatic rings. The lowest BCUT2D eigenvalue weighted by atomic mass is 9.74. The van der Waals surface area contributed by atoms with Crippen LogP contribution in [0.1, 0.15) is 81.4 Å². The largest absolute Gasteiger partial charge is 0.390 e. The van der Waals surface area contributed by atoms with Crippen LogP contribution in [0.4, 0.5) is 0 Å². The molecule has 0 amide bonds. The van der Waals surface area contributed by atoms with Crippen LogP contribution in [0.2, 0.25) is 0 Å². The summed E-state index contributed by atoms with van der Waals surface area (Å²) in [6, 6.07) is 21.6. The Morgan fingerprint density at radius 1 is 0.848 bits per heavy atom. The fourth-order valence-electron chi connectivity index (χ4n) is 7.11. The van der Waals surface area contributed by atoms with Crippen molar-refractivity contribution in [2.24, 2.45) is 5.41 Å². The number of aliphatic hydroxyl groups excluding tert-OH is 2. The summed E-state index contributed by atoms with van der Waals surface area (Å²) in [7, 11) is 0. The summed E-state index contributed by atoms with van der Waals surface area (Å²) in [5.74, 6) is 0.523. The number of aliphatic hydroxyl groups is 3. The van der Waals surface area contributed by atoms with Crippen LogP contribution in [0.15, 0.2) is 60.7 Å². The smallest absolute Gasteiger partial charge is 0.0868 e. The molecule has 0 unspecified atom stereocenters. The van der Waals surface area contributed by atoms with Gasteiger partial charge in [0.2, 0.25) is 0 Å². The van der Waals surface area contributed by atoms with E-state index in [1.807, 2.05) is 6.07 Å². The summed E-state index contributed by atoms with van der Waals surface area (Å²) >= 11 is 0. The fourth-order valence-corrected chi connectivity index (χ4v) is 7.11. The molecule has 1 heterocycles. The van der Waals surface area contributed by atoms with Gasteiger partial charge in [-0.2, -0.15) is 0 Å². The predicted molar refractivity (Wildman–Crippen MR) is 131 cm³/mol. The molecular weight excluding hydrogens is 410 g/mol.